The first kappa shape index (κ1) is 22.3. The second-order valence-corrected chi connectivity index (χ2v) is 7.63. The van der Waals surface area contributed by atoms with Crippen molar-refractivity contribution in [2.45, 2.75) is 12.0 Å². The Morgan fingerprint density at radius 3 is 1.94 bits per heavy atom. The summed E-state index contributed by atoms with van der Waals surface area (Å²) in [6.07, 6.45) is -1.11. The second-order valence-electron chi connectivity index (χ2n) is 7.63. The molecule has 0 saturated carbocycles. The van der Waals surface area contributed by atoms with Gasteiger partial charge in [-0.3, -0.25) is 4.79 Å². The molecule has 0 spiro atoms. The predicted molar refractivity (Wildman–Crippen MR) is 122 cm³/mol. The number of hydrogen-bond donors (Lipinski definition) is 1. The van der Waals surface area contributed by atoms with Gasteiger partial charge in [-0.15, -0.1) is 0 Å². The van der Waals surface area contributed by atoms with Crippen LogP contribution in [0.2, 0.25) is 0 Å². The molecule has 4 rings (SSSR count). The van der Waals surface area contributed by atoms with Crippen molar-refractivity contribution in [3.05, 3.63) is 107 Å². The summed E-state index contributed by atoms with van der Waals surface area (Å²) in [7, 11) is 3.12. The number of aliphatic hydroxyl groups excluding tert-OH is 1. The van der Waals surface area contributed by atoms with E-state index in [1.54, 1.807) is 87.0 Å². The monoisotopic (exact) mass is 444 g/mol. The summed E-state index contributed by atoms with van der Waals surface area (Å²) in [5, 5.41) is 11.4. The lowest BCUT2D eigenvalue weighted by Gasteiger charge is -2.25. The average Bonchev–Trinajstić information content (AvgIpc) is 3.25. The molecule has 6 heteroatoms. The first-order valence-electron chi connectivity index (χ1n) is 10.5. The molecule has 1 aliphatic rings. The van der Waals surface area contributed by atoms with Crippen molar-refractivity contribution in [2.24, 2.45) is 0 Å². The van der Waals surface area contributed by atoms with Gasteiger partial charge in [0.05, 0.1) is 25.9 Å². The Kier molecular flexibility index (Phi) is 6.56. The summed E-state index contributed by atoms with van der Waals surface area (Å²) < 4.78 is 15.8. The smallest absolute Gasteiger partial charge is 0.335 e. The molecule has 2 unspecified atom stereocenters. The maximum absolute atomic E-state index is 13.3. The van der Waals surface area contributed by atoms with Gasteiger partial charge in [0.25, 0.3) is 0 Å². The van der Waals surface area contributed by atoms with Gasteiger partial charge < -0.3 is 19.3 Å². The van der Waals surface area contributed by atoms with Crippen LogP contribution < -0.4 is 9.47 Å². The second kappa shape index (κ2) is 9.71. The highest BCUT2D eigenvalue weighted by Crippen LogP contribution is 2.42. The molecule has 1 aliphatic heterocycles. The molecular formula is C27H24O6. The highest BCUT2D eigenvalue weighted by Gasteiger charge is 2.39. The highest BCUT2D eigenvalue weighted by molar-refractivity contribution is 6.15. The van der Waals surface area contributed by atoms with Crippen LogP contribution >= 0.6 is 0 Å². The van der Waals surface area contributed by atoms with E-state index in [0.717, 1.165) is 0 Å². The van der Waals surface area contributed by atoms with E-state index in [4.69, 9.17) is 14.2 Å². The lowest BCUT2D eigenvalue weighted by atomic mass is 9.80. The molecule has 1 N–H and O–H groups in total. The Labute approximate surface area is 192 Å². The Morgan fingerprint density at radius 2 is 1.39 bits per heavy atom. The van der Waals surface area contributed by atoms with Gasteiger partial charge in [0.2, 0.25) is 0 Å². The number of aliphatic hydroxyl groups is 1. The van der Waals surface area contributed by atoms with Crippen LogP contribution in [-0.2, 0) is 9.53 Å². The molecule has 0 radical (unpaired) electrons. The van der Waals surface area contributed by atoms with Crippen molar-refractivity contribution in [1.29, 1.82) is 0 Å². The van der Waals surface area contributed by atoms with E-state index in [0.29, 0.717) is 28.2 Å². The molecule has 3 aromatic carbocycles. The summed E-state index contributed by atoms with van der Waals surface area (Å²) in [5.74, 6) is -0.437. The summed E-state index contributed by atoms with van der Waals surface area (Å²) in [6, 6.07) is 22.7. The molecule has 2 atom stereocenters. The molecule has 0 aromatic heterocycles. The number of hydrogen-bond acceptors (Lipinski definition) is 6. The molecule has 0 amide bonds. The van der Waals surface area contributed by atoms with Gasteiger partial charge in [-0.25, -0.2) is 4.79 Å². The molecule has 1 heterocycles. The third-order valence-corrected chi connectivity index (χ3v) is 5.76. The maximum Gasteiger partial charge on any atom is 0.335 e. The zero-order chi connectivity index (χ0) is 23.4. The Bertz CT molecular complexity index is 1160. The van der Waals surface area contributed by atoms with Crippen LogP contribution in [-0.4, -0.2) is 37.7 Å². The van der Waals surface area contributed by atoms with E-state index in [9.17, 15) is 14.7 Å². The van der Waals surface area contributed by atoms with Crippen molar-refractivity contribution in [1.82, 2.24) is 0 Å². The number of cyclic esters (lactones) is 1. The number of benzene rings is 3. The SMILES string of the molecule is COc1ccc(C(O)C(C2=C(C(=O)c3ccccc3)COC2=O)c2ccc(OC)cc2)cc1. The lowest BCUT2D eigenvalue weighted by Crippen LogP contribution is -2.19. The van der Waals surface area contributed by atoms with Gasteiger partial charge in [0.15, 0.2) is 5.78 Å². The Hall–Kier alpha value is -3.90. The van der Waals surface area contributed by atoms with E-state index in [1.165, 1.54) is 0 Å². The van der Waals surface area contributed by atoms with Crippen LogP contribution in [0.1, 0.15) is 33.5 Å². The fraction of sp³-hybridized carbons (Fsp3) is 0.185. The summed E-state index contributed by atoms with van der Waals surface area (Å²) in [4.78, 5) is 26.2. The van der Waals surface area contributed by atoms with E-state index >= 15 is 0 Å². The van der Waals surface area contributed by atoms with Crippen LogP contribution in [0, 0.1) is 0 Å². The normalized spacial score (nSPS) is 15.1. The fourth-order valence-corrected chi connectivity index (χ4v) is 3.99. The number of ketones is 1. The third-order valence-electron chi connectivity index (χ3n) is 5.76. The number of esters is 1. The molecule has 0 saturated heterocycles. The minimum atomic E-state index is -1.11. The average molecular weight is 444 g/mol. The zero-order valence-corrected chi connectivity index (χ0v) is 18.4. The minimum absolute atomic E-state index is 0.135. The van der Waals surface area contributed by atoms with Gasteiger partial charge in [0.1, 0.15) is 18.1 Å². The quantitative estimate of drug-likeness (QED) is 0.413. The number of carbonyl (C=O) groups excluding carboxylic acids is 2. The van der Waals surface area contributed by atoms with Gasteiger partial charge >= 0.3 is 5.97 Å². The number of methoxy groups -OCH3 is 2. The lowest BCUT2D eigenvalue weighted by molar-refractivity contribution is -0.136. The van der Waals surface area contributed by atoms with Crippen molar-refractivity contribution in [3.63, 3.8) is 0 Å². The highest BCUT2D eigenvalue weighted by atomic mass is 16.5. The largest absolute Gasteiger partial charge is 0.497 e. The molecule has 168 valence electrons. The number of ether oxygens (including phenoxy) is 3. The molecular weight excluding hydrogens is 420 g/mol. The first-order valence-corrected chi connectivity index (χ1v) is 10.5. The fourth-order valence-electron chi connectivity index (χ4n) is 3.99. The van der Waals surface area contributed by atoms with Crippen LogP contribution in [0.5, 0.6) is 11.5 Å². The van der Waals surface area contributed by atoms with E-state index in [1.807, 2.05) is 6.07 Å². The third kappa shape index (κ3) is 4.52. The van der Waals surface area contributed by atoms with Gasteiger partial charge in [-0.1, -0.05) is 54.6 Å². The molecule has 6 nitrogen and oxygen atoms in total. The predicted octanol–water partition coefficient (Wildman–Crippen LogP) is 4.26. The van der Waals surface area contributed by atoms with Gasteiger partial charge in [-0.2, -0.15) is 0 Å². The Balaban J connectivity index is 1.84. The Morgan fingerprint density at radius 1 is 0.848 bits per heavy atom. The standard InChI is InChI=1S/C27H24O6/c1-31-20-12-8-17(9-13-20)23(26(29)19-10-14-21(32-2)15-11-19)24-22(16-33-27(24)30)25(28)18-6-4-3-5-7-18/h3-15,23,26,29H,16H2,1-2H3. The van der Waals surface area contributed by atoms with Gasteiger partial charge in [0, 0.05) is 17.1 Å². The minimum Gasteiger partial charge on any atom is -0.497 e. The first-order chi connectivity index (χ1) is 16.0. The molecule has 3 aromatic rings. The van der Waals surface area contributed by atoms with Crippen molar-refractivity contribution in [3.8, 4) is 11.5 Å². The van der Waals surface area contributed by atoms with Crippen molar-refractivity contribution >= 4 is 11.8 Å². The van der Waals surface area contributed by atoms with Crippen LogP contribution in [0.15, 0.2) is 90.0 Å². The van der Waals surface area contributed by atoms with Crippen molar-refractivity contribution in [2.75, 3.05) is 20.8 Å². The van der Waals surface area contributed by atoms with Crippen molar-refractivity contribution < 1.29 is 28.9 Å². The summed E-state index contributed by atoms with van der Waals surface area (Å²) in [6.45, 7) is -0.135. The number of carbonyl (C=O) groups is 2. The number of Topliss-reactive ketones (excluding diaryl/α,β-unsaturated/α-hetero) is 1. The summed E-state index contributed by atoms with van der Waals surface area (Å²) in [5.41, 5.74) is 2.11. The van der Waals surface area contributed by atoms with Crippen LogP contribution in [0.3, 0.4) is 0 Å². The van der Waals surface area contributed by atoms with E-state index in [2.05, 4.69) is 0 Å². The summed E-state index contributed by atoms with van der Waals surface area (Å²) >= 11 is 0. The number of rotatable bonds is 8. The zero-order valence-electron chi connectivity index (χ0n) is 18.4. The molecule has 0 bridgehead atoms. The molecule has 33 heavy (non-hydrogen) atoms. The topological polar surface area (TPSA) is 82.1 Å². The molecule has 0 fully saturated rings. The van der Waals surface area contributed by atoms with E-state index < -0.39 is 18.0 Å². The molecule has 0 aliphatic carbocycles. The van der Waals surface area contributed by atoms with Crippen LogP contribution in [0.4, 0.5) is 0 Å². The van der Waals surface area contributed by atoms with Gasteiger partial charge in [-0.05, 0) is 35.4 Å². The van der Waals surface area contributed by atoms with Crippen LogP contribution in [0.25, 0.3) is 0 Å². The van der Waals surface area contributed by atoms with E-state index in [-0.39, 0.29) is 23.5 Å². The maximum atomic E-state index is 13.3.